The molecule has 0 spiro atoms. The molecule has 0 radical (unpaired) electrons. The standard InChI is InChI=1S/C19H17Cl2FN2O2/c20-14-9-15(21)11-17(10-14)23-18(25)12-4-6-24(7-5-12)19(26)13-2-1-3-16(22)8-13/h1-3,8-12H,4-7H2,(H,23,25). The number of benzene rings is 2. The quantitative estimate of drug-likeness (QED) is 0.825. The lowest BCUT2D eigenvalue weighted by Crippen LogP contribution is -2.41. The van der Waals surface area contributed by atoms with Crippen molar-refractivity contribution in [1.29, 1.82) is 0 Å². The molecule has 0 unspecified atom stereocenters. The van der Waals surface area contributed by atoms with Gasteiger partial charge in [0.15, 0.2) is 0 Å². The minimum atomic E-state index is -0.440. The van der Waals surface area contributed by atoms with Crippen molar-refractivity contribution in [2.45, 2.75) is 12.8 Å². The van der Waals surface area contributed by atoms with E-state index in [1.165, 1.54) is 18.2 Å². The van der Waals surface area contributed by atoms with E-state index >= 15 is 0 Å². The molecule has 2 amide bonds. The van der Waals surface area contributed by atoms with Crippen LogP contribution in [0.1, 0.15) is 23.2 Å². The summed E-state index contributed by atoms with van der Waals surface area (Å²) in [7, 11) is 0. The van der Waals surface area contributed by atoms with Gasteiger partial charge < -0.3 is 10.2 Å². The van der Waals surface area contributed by atoms with Crippen molar-refractivity contribution in [3.8, 4) is 0 Å². The van der Waals surface area contributed by atoms with Gasteiger partial charge in [0.2, 0.25) is 5.91 Å². The molecule has 1 N–H and O–H groups in total. The number of likely N-dealkylation sites (tertiary alicyclic amines) is 1. The molecule has 3 rings (SSSR count). The van der Waals surface area contributed by atoms with Crippen LogP contribution in [0.15, 0.2) is 42.5 Å². The van der Waals surface area contributed by atoms with E-state index in [-0.39, 0.29) is 17.7 Å². The van der Waals surface area contributed by atoms with Crippen molar-refractivity contribution in [2.75, 3.05) is 18.4 Å². The topological polar surface area (TPSA) is 49.4 Å². The number of nitrogens with zero attached hydrogens (tertiary/aromatic N) is 1. The minimum Gasteiger partial charge on any atom is -0.339 e. The first kappa shape index (κ1) is 18.7. The fourth-order valence-electron chi connectivity index (χ4n) is 3.02. The first-order valence-electron chi connectivity index (χ1n) is 8.24. The van der Waals surface area contributed by atoms with Gasteiger partial charge in [-0.1, -0.05) is 29.3 Å². The van der Waals surface area contributed by atoms with Crippen LogP contribution in [-0.4, -0.2) is 29.8 Å². The van der Waals surface area contributed by atoms with Gasteiger partial charge >= 0.3 is 0 Å². The Bertz CT molecular complexity index is 816. The fraction of sp³-hybridized carbons (Fsp3) is 0.263. The smallest absolute Gasteiger partial charge is 0.253 e. The number of halogens is 3. The van der Waals surface area contributed by atoms with Crippen molar-refractivity contribution >= 4 is 40.7 Å². The zero-order valence-corrected chi connectivity index (χ0v) is 15.4. The summed E-state index contributed by atoms with van der Waals surface area (Å²) in [6.45, 7) is 0.896. The Morgan fingerprint density at radius 2 is 1.69 bits per heavy atom. The van der Waals surface area contributed by atoms with Crippen LogP contribution in [0.25, 0.3) is 0 Å². The van der Waals surface area contributed by atoms with E-state index in [1.807, 2.05) is 0 Å². The van der Waals surface area contributed by atoms with Gasteiger partial charge in [-0.15, -0.1) is 0 Å². The molecule has 2 aromatic carbocycles. The molecule has 1 fully saturated rings. The van der Waals surface area contributed by atoms with Gasteiger partial charge in [0.05, 0.1) is 0 Å². The van der Waals surface area contributed by atoms with Crippen LogP contribution < -0.4 is 5.32 Å². The summed E-state index contributed by atoms with van der Waals surface area (Å²) in [6.07, 6.45) is 1.09. The highest BCUT2D eigenvalue weighted by Gasteiger charge is 2.28. The molecular weight excluding hydrogens is 378 g/mol. The number of piperidine rings is 1. The Balaban J connectivity index is 1.57. The molecule has 0 aliphatic carbocycles. The van der Waals surface area contributed by atoms with E-state index < -0.39 is 5.82 Å². The Kier molecular flexibility index (Phi) is 5.79. The number of nitrogens with one attached hydrogen (secondary N) is 1. The Hall–Kier alpha value is -2.11. The summed E-state index contributed by atoms with van der Waals surface area (Å²) < 4.78 is 13.3. The van der Waals surface area contributed by atoms with Crippen molar-refractivity contribution in [3.05, 3.63) is 63.9 Å². The molecule has 1 aliphatic heterocycles. The van der Waals surface area contributed by atoms with Crippen molar-refractivity contribution in [2.24, 2.45) is 5.92 Å². The molecule has 1 aliphatic rings. The summed E-state index contributed by atoms with van der Waals surface area (Å²) in [5.74, 6) is -0.985. The first-order valence-corrected chi connectivity index (χ1v) is 9.00. The van der Waals surface area contributed by atoms with Crippen molar-refractivity contribution in [1.82, 2.24) is 4.90 Å². The SMILES string of the molecule is O=C(Nc1cc(Cl)cc(Cl)c1)C1CCN(C(=O)c2cccc(F)c2)CC1. The van der Waals surface area contributed by atoms with E-state index in [0.29, 0.717) is 47.2 Å². The molecule has 26 heavy (non-hydrogen) atoms. The molecule has 7 heteroatoms. The third kappa shape index (κ3) is 4.54. The number of amides is 2. The number of carbonyl (C=O) groups excluding carboxylic acids is 2. The maximum atomic E-state index is 13.3. The van der Waals surface area contributed by atoms with Crippen LogP contribution in [0, 0.1) is 11.7 Å². The lowest BCUT2D eigenvalue weighted by Gasteiger charge is -2.31. The summed E-state index contributed by atoms with van der Waals surface area (Å²) in [5, 5.41) is 3.71. The second kappa shape index (κ2) is 8.06. The highest BCUT2D eigenvalue weighted by molar-refractivity contribution is 6.35. The van der Waals surface area contributed by atoms with Gasteiger partial charge in [0.1, 0.15) is 5.82 Å². The molecule has 1 saturated heterocycles. The third-order valence-corrected chi connectivity index (χ3v) is 4.79. The number of hydrogen-bond acceptors (Lipinski definition) is 2. The number of hydrogen-bond donors (Lipinski definition) is 1. The number of rotatable bonds is 3. The van der Waals surface area contributed by atoms with Gasteiger partial charge in [-0.25, -0.2) is 4.39 Å². The van der Waals surface area contributed by atoms with Crippen LogP contribution >= 0.6 is 23.2 Å². The predicted molar refractivity (Wildman–Crippen MR) is 100 cm³/mol. The van der Waals surface area contributed by atoms with Gasteiger partial charge in [-0.2, -0.15) is 0 Å². The summed E-state index contributed by atoms with van der Waals surface area (Å²) in [5.41, 5.74) is 0.868. The Morgan fingerprint density at radius 1 is 1.04 bits per heavy atom. The van der Waals surface area contributed by atoms with Crippen molar-refractivity contribution in [3.63, 3.8) is 0 Å². The minimum absolute atomic E-state index is 0.124. The normalized spacial score (nSPS) is 15.0. The van der Waals surface area contributed by atoms with E-state index in [2.05, 4.69) is 5.32 Å². The van der Waals surface area contributed by atoms with Crippen LogP contribution in [0.5, 0.6) is 0 Å². The Labute approximate surface area is 160 Å². The second-order valence-electron chi connectivity index (χ2n) is 6.22. The van der Waals surface area contributed by atoms with Crippen LogP contribution in [-0.2, 0) is 4.79 Å². The van der Waals surface area contributed by atoms with Crippen LogP contribution in [0.2, 0.25) is 10.0 Å². The Morgan fingerprint density at radius 3 is 2.31 bits per heavy atom. The van der Waals surface area contributed by atoms with Crippen LogP contribution in [0.4, 0.5) is 10.1 Å². The maximum Gasteiger partial charge on any atom is 0.253 e. The van der Waals surface area contributed by atoms with Crippen molar-refractivity contribution < 1.29 is 14.0 Å². The average molecular weight is 395 g/mol. The average Bonchev–Trinajstić information content (AvgIpc) is 2.60. The molecule has 136 valence electrons. The maximum absolute atomic E-state index is 13.3. The van der Waals surface area contributed by atoms with E-state index in [9.17, 15) is 14.0 Å². The van der Waals surface area contributed by atoms with Crippen LogP contribution in [0.3, 0.4) is 0 Å². The molecular formula is C19H17Cl2FN2O2. The summed E-state index contributed by atoms with van der Waals surface area (Å²) in [6, 6.07) is 10.5. The van der Waals surface area contributed by atoms with E-state index in [0.717, 1.165) is 0 Å². The number of carbonyl (C=O) groups is 2. The predicted octanol–water partition coefficient (Wildman–Crippen LogP) is 4.62. The third-order valence-electron chi connectivity index (χ3n) is 4.35. The zero-order valence-electron chi connectivity index (χ0n) is 13.8. The molecule has 2 aromatic rings. The van der Waals surface area contributed by atoms with Gasteiger partial charge in [0, 0.05) is 40.3 Å². The molecule has 0 aromatic heterocycles. The second-order valence-corrected chi connectivity index (χ2v) is 7.10. The van der Waals surface area contributed by atoms with Gasteiger partial charge in [-0.3, -0.25) is 9.59 Å². The number of anilines is 1. The first-order chi connectivity index (χ1) is 12.4. The van der Waals surface area contributed by atoms with Gasteiger partial charge in [-0.05, 0) is 49.2 Å². The van der Waals surface area contributed by atoms with E-state index in [1.54, 1.807) is 29.2 Å². The molecule has 0 atom stereocenters. The largest absolute Gasteiger partial charge is 0.339 e. The molecule has 1 heterocycles. The lowest BCUT2D eigenvalue weighted by atomic mass is 9.95. The lowest BCUT2D eigenvalue weighted by molar-refractivity contribution is -0.121. The fourth-order valence-corrected chi connectivity index (χ4v) is 3.55. The zero-order chi connectivity index (χ0) is 18.7. The molecule has 0 bridgehead atoms. The van der Waals surface area contributed by atoms with Gasteiger partial charge in [0.25, 0.3) is 5.91 Å². The molecule has 0 saturated carbocycles. The van der Waals surface area contributed by atoms with E-state index in [4.69, 9.17) is 23.2 Å². The summed E-state index contributed by atoms with van der Waals surface area (Å²) in [4.78, 5) is 26.5. The highest BCUT2D eigenvalue weighted by Crippen LogP contribution is 2.25. The molecule has 4 nitrogen and oxygen atoms in total. The summed E-state index contributed by atoms with van der Waals surface area (Å²) >= 11 is 11.9. The monoisotopic (exact) mass is 394 g/mol. The highest BCUT2D eigenvalue weighted by atomic mass is 35.5.